The van der Waals surface area contributed by atoms with Crippen LogP contribution < -0.4 is 5.32 Å². The van der Waals surface area contributed by atoms with Gasteiger partial charge in [0.1, 0.15) is 0 Å². The molecule has 0 saturated carbocycles. The van der Waals surface area contributed by atoms with Crippen LogP contribution >= 0.6 is 50.1 Å². The molecule has 0 unspecified atom stereocenters. The quantitative estimate of drug-likeness (QED) is 0.404. The van der Waals surface area contributed by atoms with Crippen molar-refractivity contribution in [3.8, 4) is 0 Å². The van der Waals surface area contributed by atoms with E-state index >= 15 is 0 Å². The van der Waals surface area contributed by atoms with E-state index in [1.165, 1.54) is 10.8 Å². The summed E-state index contributed by atoms with van der Waals surface area (Å²) in [5.74, 6) is -0.0612. The highest BCUT2D eigenvalue weighted by atomic mass is 127. The number of nitrogens with one attached hydrogen (secondary N) is 1. The summed E-state index contributed by atoms with van der Waals surface area (Å²) < 4.78 is 1.98. The van der Waals surface area contributed by atoms with E-state index in [0.717, 1.165) is 23.9 Å². The van der Waals surface area contributed by atoms with Crippen LogP contribution in [-0.4, -0.2) is 16.9 Å². The van der Waals surface area contributed by atoms with Crippen LogP contribution in [0.15, 0.2) is 22.7 Å². The molecule has 0 aliphatic carbocycles. The minimum atomic E-state index is -0.0612. The first kappa shape index (κ1) is 15.2. The lowest BCUT2D eigenvalue weighted by atomic mass is 10.2. The summed E-state index contributed by atoms with van der Waals surface area (Å²) >= 11 is 11.6. The standard InChI is InChI=1S/C12H14BrClINO/c13-10-5-4-9(8-11(10)14)12(17)16-7-3-1-2-6-15/h4-5,8H,1-3,6-7H2,(H,16,17). The second-order valence-electron chi connectivity index (χ2n) is 3.63. The van der Waals surface area contributed by atoms with Crippen LogP contribution in [0.5, 0.6) is 0 Å². The molecule has 0 atom stereocenters. The Bertz CT molecular complexity index is 387. The molecule has 0 bridgehead atoms. The summed E-state index contributed by atoms with van der Waals surface area (Å²) in [6.45, 7) is 0.725. The second kappa shape index (κ2) is 8.32. The second-order valence-corrected chi connectivity index (χ2v) is 5.97. The normalized spacial score (nSPS) is 10.3. The summed E-state index contributed by atoms with van der Waals surface area (Å²) in [5, 5.41) is 3.45. The van der Waals surface area contributed by atoms with Crippen molar-refractivity contribution in [3.05, 3.63) is 33.3 Å². The molecule has 1 aromatic rings. The highest BCUT2D eigenvalue weighted by molar-refractivity contribution is 14.1. The zero-order valence-electron chi connectivity index (χ0n) is 9.31. The molecule has 0 heterocycles. The van der Waals surface area contributed by atoms with Crippen molar-refractivity contribution in [2.45, 2.75) is 19.3 Å². The number of hydrogen-bond acceptors (Lipinski definition) is 1. The van der Waals surface area contributed by atoms with Gasteiger partial charge in [-0.1, -0.05) is 40.6 Å². The average Bonchev–Trinajstić information content (AvgIpc) is 2.32. The van der Waals surface area contributed by atoms with E-state index in [9.17, 15) is 4.79 Å². The van der Waals surface area contributed by atoms with Crippen molar-refractivity contribution in [2.75, 3.05) is 11.0 Å². The van der Waals surface area contributed by atoms with Gasteiger partial charge in [-0.15, -0.1) is 0 Å². The van der Waals surface area contributed by atoms with Gasteiger partial charge in [-0.2, -0.15) is 0 Å². The third-order valence-electron chi connectivity index (χ3n) is 2.28. The van der Waals surface area contributed by atoms with Crippen LogP contribution in [0.25, 0.3) is 0 Å². The number of unbranched alkanes of at least 4 members (excludes halogenated alkanes) is 2. The van der Waals surface area contributed by atoms with E-state index in [0.29, 0.717) is 10.6 Å². The number of amides is 1. The number of carbonyl (C=O) groups excluding carboxylic acids is 1. The SMILES string of the molecule is O=C(NCCCCCI)c1ccc(Br)c(Cl)c1. The molecule has 1 aromatic carbocycles. The monoisotopic (exact) mass is 429 g/mol. The molecule has 5 heteroatoms. The van der Waals surface area contributed by atoms with Gasteiger partial charge in [0.25, 0.3) is 5.91 Å². The Hall–Kier alpha value is 0.190. The fourth-order valence-corrected chi connectivity index (χ4v) is 2.30. The van der Waals surface area contributed by atoms with E-state index in [2.05, 4.69) is 43.8 Å². The predicted molar refractivity (Wildman–Crippen MR) is 84.2 cm³/mol. The van der Waals surface area contributed by atoms with Crippen molar-refractivity contribution in [2.24, 2.45) is 0 Å². The van der Waals surface area contributed by atoms with Gasteiger partial charge in [0.05, 0.1) is 5.02 Å². The van der Waals surface area contributed by atoms with Crippen LogP contribution in [0.3, 0.4) is 0 Å². The number of alkyl halides is 1. The highest BCUT2D eigenvalue weighted by Gasteiger charge is 2.06. The summed E-state index contributed by atoms with van der Waals surface area (Å²) in [6, 6.07) is 5.22. The number of hydrogen-bond donors (Lipinski definition) is 1. The fourth-order valence-electron chi connectivity index (χ4n) is 1.34. The van der Waals surface area contributed by atoms with E-state index in [4.69, 9.17) is 11.6 Å². The minimum Gasteiger partial charge on any atom is -0.352 e. The highest BCUT2D eigenvalue weighted by Crippen LogP contribution is 2.23. The molecule has 1 N–H and O–H groups in total. The summed E-state index contributed by atoms with van der Waals surface area (Å²) in [4.78, 5) is 11.8. The first-order chi connectivity index (χ1) is 8.15. The minimum absolute atomic E-state index is 0.0612. The summed E-state index contributed by atoms with van der Waals surface area (Å²) in [6.07, 6.45) is 3.39. The third-order valence-corrected chi connectivity index (χ3v) is 4.27. The van der Waals surface area contributed by atoms with Gasteiger partial charge < -0.3 is 5.32 Å². The van der Waals surface area contributed by atoms with E-state index < -0.39 is 0 Å². The summed E-state index contributed by atoms with van der Waals surface area (Å²) in [5.41, 5.74) is 0.604. The van der Waals surface area contributed by atoms with Crippen molar-refractivity contribution < 1.29 is 4.79 Å². The van der Waals surface area contributed by atoms with Crippen LogP contribution in [0.4, 0.5) is 0 Å². The van der Waals surface area contributed by atoms with Crippen LogP contribution in [0, 0.1) is 0 Å². The maximum atomic E-state index is 11.8. The number of carbonyl (C=O) groups is 1. The van der Waals surface area contributed by atoms with Gasteiger partial charge in [-0.3, -0.25) is 4.79 Å². The Morgan fingerprint density at radius 1 is 1.35 bits per heavy atom. The first-order valence-electron chi connectivity index (χ1n) is 5.44. The maximum Gasteiger partial charge on any atom is 0.251 e. The topological polar surface area (TPSA) is 29.1 Å². The van der Waals surface area contributed by atoms with E-state index in [-0.39, 0.29) is 5.91 Å². The van der Waals surface area contributed by atoms with E-state index in [1.54, 1.807) is 18.2 Å². The smallest absolute Gasteiger partial charge is 0.251 e. The van der Waals surface area contributed by atoms with Crippen molar-refractivity contribution >= 4 is 56.0 Å². The van der Waals surface area contributed by atoms with Gasteiger partial charge in [-0.25, -0.2) is 0 Å². The summed E-state index contributed by atoms with van der Waals surface area (Å²) in [7, 11) is 0. The van der Waals surface area contributed by atoms with Crippen LogP contribution in [0.1, 0.15) is 29.6 Å². The van der Waals surface area contributed by atoms with Gasteiger partial charge in [0.2, 0.25) is 0 Å². The third kappa shape index (κ3) is 5.57. The molecule has 1 amide bonds. The lowest BCUT2D eigenvalue weighted by Gasteiger charge is -2.05. The Labute approximate surface area is 129 Å². The molecule has 0 aliphatic rings. The molecule has 0 radical (unpaired) electrons. The van der Waals surface area contributed by atoms with Gasteiger partial charge in [-0.05, 0) is 51.4 Å². The zero-order chi connectivity index (χ0) is 12.7. The molecular weight excluding hydrogens is 416 g/mol. The predicted octanol–water partition coefficient (Wildman–Crippen LogP) is 4.44. The Morgan fingerprint density at radius 3 is 2.76 bits per heavy atom. The lowest BCUT2D eigenvalue weighted by Crippen LogP contribution is -2.24. The maximum absolute atomic E-state index is 11.8. The average molecular weight is 431 g/mol. The van der Waals surface area contributed by atoms with E-state index in [1.807, 2.05) is 0 Å². The lowest BCUT2D eigenvalue weighted by molar-refractivity contribution is 0.0953. The molecule has 0 aromatic heterocycles. The molecule has 0 spiro atoms. The zero-order valence-corrected chi connectivity index (χ0v) is 13.8. The number of rotatable bonds is 6. The van der Waals surface area contributed by atoms with Crippen LogP contribution in [-0.2, 0) is 0 Å². The molecule has 0 fully saturated rings. The van der Waals surface area contributed by atoms with Crippen LogP contribution in [0.2, 0.25) is 5.02 Å². The van der Waals surface area contributed by atoms with Gasteiger partial charge in [0.15, 0.2) is 0 Å². The Morgan fingerprint density at radius 2 is 2.12 bits per heavy atom. The molecule has 1 rings (SSSR count). The van der Waals surface area contributed by atoms with Crippen molar-refractivity contribution in [1.29, 1.82) is 0 Å². The molecule has 2 nitrogen and oxygen atoms in total. The van der Waals surface area contributed by atoms with Gasteiger partial charge >= 0.3 is 0 Å². The fraction of sp³-hybridized carbons (Fsp3) is 0.417. The first-order valence-corrected chi connectivity index (χ1v) is 8.14. The molecule has 0 saturated heterocycles. The number of halogens is 3. The van der Waals surface area contributed by atoms with Crippen molar-refractivity contribution in [1.82, 2.24) is 5.32 Å². The molecular formula is C12H14BrClINO. The largest absolute Gasteiger partial charge is 0.352 e. The number of benzene rings is 1. The molecule has 17 heavy (non-hydrogen) atoms. The Balaban J connectivity index is 2.39. The Kier molecular flexibility index (Phi) is 7.46. The molecule has 0 aliphatic heterocycles. The molecule has 94 valence electrons. The van der Waals surface area contributed by atoms with Gasteiger partial charge in [0, 0.05) is 16.6 Å². The van der Waals surface area contributed by atoms with Crippen molar-refractivity contribution in [3.63, 3.8) is 0 Å².